The SMILES string of the molecule is COc1cc([C@@H]2CN3C(=O)CN(CCCc4ccccc4)C(=O)[C@]3(C)c3[nH]c4ccccc4c32)ccc1OC(C)C. The number of methoxy groups -OCH3 is 1. The Labute approximate surface area is 241 Å². The largest absolute Gasteiger partial charge is 0.493 e. The summed E-state index contributed by atoms with van der Waals surface area (Å²) in [6, 6.07) is 24.4. The summed E-state index contributed by atoms with van der Waals surface area (Å²) in [5.74, 6) is 1.12. The molecule has 2 aliphatic rings. The number of nitrogens with zero attached hydrogens (tertiary/aromatic N) is 2. The number of carbonyl (C=O) groups is 2. The van der Waals surface area contributed by atoms with Crippen LogP contribution < -0.4 is 9.47 Å². The van der Waals surface area contributed by atoms with E-state index in [0.29, 0.717) is 24.6 Å². The molecule has 0 spiro atoms. The molecule has 1 N–H and O–H groups in total. The lowest BCUT2D eigenvalue weighted by molar-refractivity contribution is -0.166. The van der Waals surface area contributed by atoms with E-state index in [4.69, 9.17) is 9.47 Å². The Morgan fingerprint density at radius 1 is 1.00 bits per heavy atom. The number of H-pyrrole nitrogens is 1. The van der Waals surface area contributed by atoms with Gasteiger partial charge in [0.2, 0.25) is 5.91 Å². The average molecular weight is 552 g/mol. The third-order valence-electron chi connectivity index (χ3n) is 8.51. The van der Waals surface area contributed by atoms with Crippen molar-refractivity contribution in [3.63, 3.8) is 0 Å². The van der Waals surface area contributed by atoms with Gasteiger partial charge in [0.25, 0.3) is 5.91 Å². The van der Waals surface area contributed by atoms with Crippen molar-refractivity contribution >= 4 is 22.7 Å². The van der Waals surface area contributed by atoms with Crippen LogP contribution in [0.5, 0.6) is 11.5 Å². The van der Waals surface area contributed by atoms with E-state index in [1.807, 2.05) is 75.4 Å². The topological polar surface area (TPSA) is 74.9 Å². The molecule has 0 bridgehead atoms. The fraction of sp³-hybridized carbons (Fsp3) is 0.353. The lowest BCUT2D eigenvalue weighted by atomic mass is 9.76. The molecule has 7 heteroatoms. The Kier molecular flexibility index (Phi) is 6.98. The summed E-state index contributed by atoms with van der Waals surface area (Å²) in [5, 5.41) is 1.07. The summed E-state index contributed by atoms with van der Waals surface area (Å²) in [4.78, 5) is 35.2. The van der Waals surface area contributed by atoms with E-state index < -0.39 is 5.54 Å². The number of amides is 2. The van der Waals surface area contributed by atoms with Gasteiger partial charge in [-0.05, 0) is 68.5 Å². The third kappa shape index (κ3) is 4.63. The predicted octanol–water partition coefficient (Wildman–Crippen LogP) is 5.63. The van der Waals surface area contributed by atoms with Crippen molar-refractivity contribution in [2.75, 3.05) is 26.7 Å². The van der Waals surface area contributed by atoms with Gasteiger partial charge in [-0.2, -0.15) is 0 Å². The van der Waals surface area contributed by atoms with Gasteiger partial charge in [0, 0.05) is 29.9 Å². The van der Waals surface area contributed by atoms with Crippen molar-refractivity contribution in [2.45, 2.75) is 51.2 Å². The summed E-state index contributed by atoms with van der Waals surface area (Å²) in [6.45, 7) is 6.91. The Morgan fingerprint density at radius 3 is 2.51 bits per heavy atom. The molecule has 0 aliphatic carbocycles. The molecule has 0 unspecified atom stereocenters. The molecule has 2 aliphatic heterocycles. The van der Waals surface area contributed by atoms with Crippen LogP contribution in [-0.4, -0.2) is 59.4 Å². The van der Waals surface area contributed by atoms with Crippen LogP contribution in [0, 0.1) is 0 Å². The van der Waals surface area contributed by atoms with Crippen LogP contribution >= 0.6 is 0 Å². The molecule has 1 fully saturated rings. The summed E-state index contributed by atoms with van der Waals surface area (Å²) in [6.07, 6.45) is 1.67. The number of aromatic amines is 1. The highest BCUT2D eigenvalue weighted by molar-refractivity contribution is 6.01. The summed E-state index contributed by atoms with van der Waals surface area (Å²) in [5.41, 5.74) is 3.94. The zero-order valence-corrected chi connectivity index (χ0v) is 24.1. The van der Waals surface area contributed by atoms with E-state index in [1.54, 1.807) is 16.9 Å². The van der Waals surface area contributed by atoms with Gasteiger partial charge < -0.3 is 24.3 Å². The fourth-order valence-electron chi connectivity index (χ4n) is 6.53. The Balaban J connectivity index is 1.39. The molecule has 4 aromatic rings. The van der Waals surface area contributed by atoms with Crippen molar-refractivity contribution in [3.8, 4) is 11.5 Å². The van der Waals surface area contributed by atoms with Crippen LogP contribution in [0.3, 0.4) is 0 Å². The highest BCUT2D eigenvalue weighted by Gasteiger charge is 2.56. The highest BCUT2D eigenvalue weighted by atomic mass is 16.5. The second-order valence-electron chi connectivity index (χ2n) is 11.5. The van der Waals surface area contributed by atoms with Gasteiger partial charge in [-0.25, -0.2) is 0 Å². The molecule has 6 rings (SSSR count). The maximum atomic E-state index is 14.3. The van der Waals surface area contributed by atoms with Gasteiger partial charge in [-0.15, -0.1) is 0 Å². The molecule has 7 nitrogen and oxygen atoms in total. The number of piperazine rings is 1. The van der Waals surface area contributed by atoms with Crippen LogP contribution in [-0.2, 0) is 21.5 Å². The lowest BCUT2D eigenvalue weighted by Gasteiger charge is -2.51. The molecule has 3 heterocycles. The molecular weight excluding hydrogens is 514 g/mol. The molecule has 3 aromatic carbocycles. The quantitative estimate of drug-likeness (QED) is 0.308. The third-order valence-corrected chi connectivity index (χ3v) is 8.51. The zero-order chi connectivity index (χ0) is 28.7. The standard InChI is InChI=1S/C34H37N3O4/c1-22(2)41-28-17-16-24(19-29(28)40-4)26-20-37-30(38)21-36(18-10-13-23-11-6-5-7-12-23)33(39)34(37,3)32-31(26)25-14-8-9-15-27(25)35-32/h5-9,11-12,14-17,19,22,26,35H,10,13,18,20-21H2,1-4H3/t26-,34-/m0/s1. The van der Waals surface area contributed by atoms with Crippen LogP contribution in [0.25, 0.3) is 10.9 Å². The first-order chi connectivity index (χ1) is 19.8. The summed E-state index contributed by atoms with van der Waals surface area (Å²) in [7, 11) is 1.64. The van der Waals surface area contributed by atoms with E-state index in [9.17, 15) is 9.59 Å². The second kappa shape index (κ2) is 10.6. The predicted molar refractivity (Wildman–Crippen MR) is 159 cm³/mol. The second-order valence-corrected chi connectivity index (χ2v) is 11.5. The minimum Gasteiger partial charge on any atom is -0.493 e. The summed E-state index contributed by atoms with van der Waals surface area (Å²) >= 11 is 0. The van der Waals surface area contributed by atoms with Gasteiger partial charge in [-0.1, -0.05) is 54.6 Å². The fourth-order valence-corrected chi connectivity index (χ4v) is 6.53. The molecule has 2 atom stereocenters. The van der Waals surface area contributed by atoms with Crippen molar-refractivity contribution in [3.05, 3.63) is 95.2 Å². The minimum atomic E-state index is -1.11. The highest BCUT2D eigenvalue weighted by Crippen LogP contribution is 2.49. The number of para-hydroxylation sites is 1. The van der Waals surface area contributed by atoms with Gasteiger partial charge in [0.1, 0.15) is 0 Å². The monoisotopic (exact) mass is 551 g/mol. The number of fused-ring (bicyclic) bond motifs is 5. The minimum absolute atomic E-state index is 0.0120. The number of hydrogen-bond donors (Lipinski definition) is 1. The van der Waals surface area contributed by atoms with E-state index in [2.05, 4.69) is 23.2 Å². The molecule has 0 saturated carbocycles. The first-order valence-electron chi connectivity index (χ1n) is 14.4. The number of aryl methyl sites for hydroxylation is 1. The number of nitrogens with one attached hydrogen (secondary N) is 1. The first-order valence-corrected chi connectivity index (χ1v) is 14.4. The smallest absolute Gasteiger partial charge is 0.254 e. The van der Waals surface area contributed by atoms with Crippen molar-refractivity contribution in [1.29, 1.82) is 0 Å². The number of carbonyl (C=O) groups excluding carboxylic acids is 2. The number of hydrogen-bond acceptors (Lipinski definition) is 4. The van der Waals surface area contributed by atoms with Gasteiger partial charge >= 0.3 is 0 Å². The zero-order valence-electron chi connectivity index (χ0n) is 24.1. The number of benzene rings is 3. The normalized spacial score (nSPS) is 20.4. The lowest BCUT2D eigenvalue weighted by Crippen LogP contribution is -2.67. The van der Waals surface area contributed by atoms with Crippen molar-refractivity contribution < 1.29 is 19.1 Å². The Bertz CT molecular complexity index is 1590. The number of ether oxygens (including phenoxy) is 2. The first kappa shape index (κ1) is 26.9. The maximum absolute atomic E-state index is 14.3. The molecule has 41 heavy (non-hydrogen) atoms. The summed E-state index contributed by atoms with van der Waals surface area (Å²) < 4.78 is 11.7. The Hall–Kier alpha value is -4.26. The van der Waals surface area contributed by atoms with Gasteiger partial charge in [-0.3, -0.25) is 9.59 Å². The van der Waals surface area contributed by atoms with E-state index in [0.717, 1.165) is 40.6 Å². The van der Waals surface area contributed by atoms with Gasteiger partial charge in [0.05, 0.1) is 25.5 Å². The van der Waals surface area contributed by atoms with Crippen LogP contribution in [0.2, 0.25) is 0 Å². The molecular formula is C34H37N3O4. The number of rotatable bonds is 8. The van der Waals surface area contributed by atoms with Crippen molar-refractivity contribution in [2.24, 2.45) is 0 Å². The average Bonchev–Trinajstić information content (AvgIpc) is 3.37. The molecule has 1 saturated heterocycles. The van der Waals surface area contributed by atoms with E-state index in [-0.39, 0.29) is 30.4 Å². The molecule has 0 radical (unpaired) electrons. The van der Waals surface area contributed by atoms with Gasteiger partial charge in [0.15, 0.2) is 17.0 Å². The molecule has 1 aromatic heterocycles. The van der Waals surface area contributed by atoms with Crippen LogP contribution in [0.15, 0.2) is 72.8 Å². The maximum Gasteiger partial charge on any atom is 0.254 e. The van der Waals surface area contributed by atoms with Crippen LogP contribution in [0.1, 0.15) is 55.5 Å². The van der Waals surface area contributed by atoms with Crippen LogP contribution in [0.4, 0.5) is 0 Å². The van der Waals surface area contributed by atoms with Crippen molar-refractivity contribution in [1.82, 2.24) is 14.8 Å². The van der Waals surface area contributed by atoms with E-state index in [1.165, 1.54) is 5.56 Å². The van der Waals surface area contributed by atoms with E-state index >= 15 is 0 Å². The Morgan fingerprint density at radius 2 is 1.76 bits per heavy atom. The number of aromatic nitrogens is 1. The molecule has 2 amide bonds. The molecule has 212 valence electrons.